The summed E-state index contributed by atoms with van der Waals surface area (Å²) in [6.45, 7) is 7.25. The van der Waals surface area contributed by atoms with Gasteiger partial charge in [-0.1, -0.05) is 79.6 Å². The minimum Gasteiger partial charge on any atom is -0.326 e. The number of carbonyl (C=O) groups is 3. The number of anilines is 3. The molecule has 2 fully saturated rings. The monoisotopic (exact) mass is 1140 g/mol. The van der Waals surface area contributed by atoms with E-state index in [1.807, 2.05) is 60.7 Å². The highest BCUT2D eigenvalue weighted by Crippen LogP contribution is 2.39. The maximum absolute atomic E-state index is 12.3. The Labute approximate surface area is 481 Å². The third-order valence-electron chi connectivity index (χ3n) is 13.7. The Kier molecular flexibility index (Phi) is 19.4. The molecule has 22 heteroatoms. The number of benzene rings is 4. The predicted molar refractivity (Wildman–Crippen MR) is 321 cm³/mol. The molecule has 1 aliphatic heterocycles. The van der Waals surface area contributed by atoms with Crippen LogP contribution >= 0.6 is 35.3 Å². The number of nitrogens with one attached hydrogen (secondary N) is 6. The lowest BCUT2D eigenvalue weighted by molar-refractivity contribution is -0.118. The molecule has 1 aliphatic carbocycles. The van der Waals surface area contributed by atoms with Crippen molar-refractivity contribution < 1.29 is 14.4 Å². The fourth-order valence-electron chi connectivity index (χ4n) is 9.07. The maximum atomic E-state index is 12.3. The molecule has 2 aliphatic rings. The number of fused-ring (bicyclic) bond motifs is 3. The van der Waals surface area contributed by atoms with Gasteiger partial charge in [-0.05, 0) is 110 Å². The van der Waals surface area contributed by atoms with Crippen LogP contribution in [0.25, 0.3) is 33.1 Å². The molecule has 3 amide bonds. The number of likely N-dealkylation sites (tertiary alicyclic amines) is 1. The molecular formula is C59H62N16O3S3. The topological polar surface area (TPSA) is 254 Å². The lowest BCUT2D eigenvalue weighted by Crippen LogP contribution is -2.32. The number of nitrogens with zero attached hydrogens (tertiary/aromatic N) is 10. The highest BCUT2D eigenvalue weighted by molar-refractivity contribution is 7.99. The molecule has 4 aromatic carbocycles. The fourth-order valence-corrected chi connectivity index (χ4v) is 11.8. The Bertz CT molecular complexity index is 3720. The Hall–Kier alpha value is -8.05. The molecule has 0 radical (unpaired) electrons. The normalized spacial score (nSPS) is 14.8. The number of carbonyl (C=O) groups excluding carboxylic acids is 3. The van der Waals surface area contributed by atoms with Crippen molar-refractivity contribution in [1.29, 1.82) is 0 Å². The Morgan fingerprint density at radius 2 is 0.975 bits per heavy atom. The summed E-state index contributed by atoms with van der Waals surface area (Å²) in [5, 5.41) is 35.1. The van der Waals surface area contributed by atoms with Crippen molar-refractivity contribution in [2.45, 2.75) is 91.1 Å². The van der Waals surface area contributed by atoms with Gasteiger partial charge in [0.15, 0.2) is 16.9 Å². The van der Waals surface area contributed by atoms with Crippen molar-refractivity contribution in [1.82, 2.24) is 65.4 Å². The number of piperidine rings is 1. The summed E-state index contributed by atoms with van der Waals surface area (Å²) in [5.74, 6) is 3.18. The van der Waals surface area contributed by atoms with Gasteiger partial charge in [0.25, 0.3) is 0 Å². The molecule has 19 nitrogen and oxygen atoms in total. The summed E-state index contributed by atoms with van der Waals surface area (Å²) in [6, 6.07) is 32.2. The van der Waals surface area contributed by atoms with Crippen molar-refractivity contribution in [2.24, 2.45) is 11.8 Å². The molecule has 12 rings (SSSR count). The Morgan fingerprint density at radius 1 is 0.543 bits per heavy atom. The van der Waals surface area contributed by atoms with E-state index in [-0.39, 0.29) is 23.6 Å². The van der Waals surface area contributed by atoms with Crippen molar-refractivity contribution in [3.05, 3.63) is 162 Å². The second-order valence-electron chi connectivity index (χ2n) is 19.9. The smallest absolute Gasteiger partial charge is 0.227 e. The number of rotatable bonds is 19. The van der Waals surface area contributed by atoms with Crippen LogP contribution in [0.4, 0.5) is 17.1 Å². The second kappa shape index (κ2) is 27.9. The lowest BCUT2D eigenvalue weighted by atomic mass is 10.1. The molecular weight excluding hydrogens is 1080 g/mol. The van der Waals surface area contributed by atoms with E-state index in [4.69, 9.17) is 0 Å². The summed E-state index contributed by atoms with van der Waals surface area (Å²) in [6.07, 6.45) is 16.4. The minimum absolute atomic E-state index is 0.0197. The fraction of sp³-hybridized carbons (Fsp3) is 0.288. The van der Waals surface area contributed by atoms with Crippen LogP contribution in [0.1, 0.15) is 73.3 Å². The Morgan fingerprint density at radius 3 is 1.42 bits per heavy atom. The number of aromatic amines is 3. The van der Waals surface area contributed by atoms with Crippen LogP contribution in [0.15, 0.2) is 150 Å². The van der Waals surface area contributed by atoms with Gasteiger partial charge in [-0.2, -0.15) is 15.3 Å². The number of hydrogen-bond donors (Lipinski definition) is 6. The number of amides is 3. The van der Waals surface area contributed by atoms with Gasteiger partial charge in [-0.25, -0.2) is 29.9 Å². The van der Waals surface area contributed by atoms with Gasteiger partial charge in [-0.15, -0.1) is 35.3 Å². The number of aryl methyl sites for hydroxylation is 2. The quantitative estimate of drug-likeness (QED) is 0.0325. The summed E-state index contributed by atoms with van der Waals surface area (Å²) in [7, 11) is 0. The zero-order valence-electron chi connectivity index (χ0n) is 45.0. The van der Waals surface area contributed by atoms with E-state index in [1.54, 1.807) is 60.2 Å². The van der Waals surface area contributed by atoms with Gasteiger partial charge in [0.2, 0.25) is 17.7 Å². The van der Waals surface area contributed by atoms with Gasteiger partial charge < -0.3 is 20.9 Å². The number of aromatic nitrogens is 12. The van der Waals surface area contributed by atoms with Crippen molar-refractivity contribution in [2.75, 3.05) is 35.6 Å². The van der Waals surface area contributed by atoms with Crippen LogP contribution in [0.5, 0.6) is 0 Å². The van der Waals surface area contributed by atoms with Gasteiger partial charge in [-0.3, -0.25) is 29.7 Å². The molecule has 0 spiro atoms. The largest absolute Gasteiger partial charge is 0.326 e. The highest BCUT2D eigenvalue weighted by Gasteiger charge is 2.39. The first-order valence-corrected chi connectivity index (χ1v) is 29.9. The zero-order valence-corrected chi connectivity index (χ0v) is 47.4. The van der Waals surface area contributed by atoms with Crippen LogP contribution in [0.3, 0.4) is 0 Å². The number of hydrogen-bond acceptors (Lipinski definition) is 16. The van der Waals surface area contributed by atoms with Gasteiger partial charge in [0, 0.05) is 59.6 Å². The standard InChI is InChI=1S/C22H21N5OS.C20H24N6OS.C17H17N5OS/c1-15-5-7-16(8-6-15)9-10-20(28)26-18-4-2-3-17(11-18)13-29-22-19-12-25-27-21(19)23-14-24-22;27-18(7-10-26-8-2-1-3-9-26)24-16-6-4-5-15(11-16)13-28-20-17-12-23-25-19(17)21-14-22-20;1-10-5-13(10)16(23)21-12-4-2-3-11(6-12)8-24-17-14-7-20-22-15(14)18-9-19-17/h2-8,11-12,14H,9-10,13H2,1H3,(H,26,28)(H,23,24,25,27);4-6,11-12,14H,1-3,7-10,13H2,(H,24,27)(H,21,22,23,25);2-4,6-7,9-10,13H,5,8H2,1H3,(H,21,23)(H,18,19,20,22). The minimum atomic E-state index is 0.0197. The van der Waals surface area contributed by atoms with E-state index in [0.717, 1.165) is 132 Å². The third kappa shape index (κ3) is 16.3. The SMILES string of the molecule is CC1CC1C(=O)Nc1cccc(CSc2ncnc3[nH]ncc23)c1.Cc1ccc(CCC(=O)Nc2cccc(CSc3ncnc4[nH]ncc34)c2)cc1.O=C(CCN1CCCCC1)Nc1cccc(CSc2ncnc3[nH]ncc23)c1. The molecule has 6 aromatic heterocycles. The summed E-state index contributed by atoms with van der Waals surface area (Å²) in [5.41, 5.74) is 10.5. The predicted octanol–water partition coefficient (Wildman–Crippen LogP) is 11.2. The van der Waals surface area contributed by atoms with E-state index in [2.05, 4.69) is 132 Å². The van der Waals surface area contributed by atoms with Gasteiger partial charge >= 0.3 is 0 Å². The van der Waals surface area contributed by atoms with E-state index in [0.29, 0.717) is 18.8 Å². The molecule has 2 atom stereocenters. The van der Waals surface area contributed by atoms with Gasteiger partial charge in [0.1, 0.15) is 34.1 Å². The van der Waals surface area contributed by atoms with E-state index in [9.17, 15) is 14.4 Å². The van der Waals surface area contributed by atoms with Crippen LogP contribution < -0.4 is 16.0 Å². The van der Waals surface area contributed by atoms with Crippen LogP contribution in [-0.4, -0.2) is 103 Å². The van der Waals surface area contributed by atoms with E-state index >= 15 is 0 Å². The van der Waals surface area contributed by atoms with Crippen LogP contribution in [0, 0.1) is 18.8 Å². The first-order chi connectivity index (χ1) is 39.6. The summed E-state index contributed by atoms with van der Waals surface area (Å²) < 4.78 is 0. The molecule has 1 saturated heterocycles. The second-order valence-corrected chi connectivity index (χ2v) is 22.8. The van der Waals surface area contributed by atoms with Crippen LogP contribution in [0.2, 0.25) is 0 Å². The maximum Gasteiger partial charge on any atom is 0.227 e. The van der Waals surface area contributed by atoms with Crippen molar-refractivity contribution in [3.63, 3.8) is 0 Å². The molecule has 81 heavy (non-hydrogen) atoms. The molecule has 6 N–H and O–H groups in total. The third-order valence-corrected chi connectivity index (χ3v) is 16.9. The molecule has 414 valence electrons. The first-order valence-electron chi connectivity index (χ1n) is 26.9. The molecule has 10 aromatic rings. The Balaban J connectivity index is 0.000000137. The lowest BCUT2D eigenvalue weighted by Gasteiger charge is -2.25. The van der Waals surface area contributed by atoms with E-state index in [1.165, 1.54) is 43.0 Å². The van der Waals surface area contributed by atoms with Crippen molar-refractivity contribution in [3.8, 4) is 0 Å². The number of H-pyrrole nitrogens is 3. The molecule has 2 unspecified atom stereocenters. The summed E-state index contributed by atoms with van der Waals surface area (Å²) >= 11 is 4.88. The molecule has 0 bridgehead atoms. The highest BCUT2D eigenvalue weighted by atomic mass is 32.2. The number of thioether (sulfide) groups is 3. The first kappa shape index (κ1) is 56.2. The zero-order chi connectivity index (χ0) is 55.8. The molecule has 1 saturated carbocycles. The average Bonchev–Trinajstić information content (AvgIpc) is 4.01. The van der Waals surface area contributed by atoms with E-state index < -0.39 is 0 Å². The average molecular weight is 1140 g/mol. The summed E-state index contributed by atoms with van der Waals surface area (Å²) in [4.78, 5) is 64.5. The van der Waals surface area contributed by atoms with Crippen molar-refractivity contribution >= 4 is 103 Å². The van der Waals surface area contributed by atoms with Crippen LogP contribution in [-0.2, 0) is 38.1 Å². The molecule has 7 heterocycles. The van der Waals surface area contributed by atoms with Gasteiger partial charge in [0.05, 0.1) is 34.7 Å².